The monoisotopic (exact) mass is 1410 g/mol. The molecule has 99 heavy (non-hydrogen) atoms. The summed E-state index contributed by atoms with van der Waals surface area (Å²) in [5.41, 5.74) is 0. The molecule has 5 atom stereocenters. The third-order valence-electron chi connectivity index (χ3n) is 13.7. The van der Waals surface area contributed by atoms with Crippen molar-refractivity contribution in [1.29, 1.82) is 0 Å². The molecular weight excluding hydrogens is 1290 g/mol. The number of carbonyl (C=O) groups excluding carboxylic acids is 3. The number of carbonyl (C=O) groups is 3. The van der Waals surface area contributed by atoms with Crippen molar-refractivity contribution in [2.45, 2.75) is 232 Å². The van der Waals surface area contributed by atoms with E-state index in [1.54, 1.807) is 0 Å². The van der Waals surface area contributed by atoms with Crippen LogP contribution in [0.4, 0.5) is 0 Å². The fourth-order valence-corrected chi connectivity index (χ4v) is 9.89. The second kappa shape index (κ2) is 71.7. The van der Waals surface area contributed by atoms with Crippen LogP contribution in [0.5, 0.6) is 0 Å². The lowest BCUT2D eigenvalue weighted by atomic mass is 10.1. The van der Waals surface area contributed by atoms with Crippen molar-refractivity contribution >= 4 is 33.6 Å². The molecular formula is C81H124O16P2. The number of esters is 3. The molecule has 5 unspecified atom stereocenters. The number of aliphatic hydroxyl groups excluding tert-OH is 2. The van der Waals surface area contributed by atoms with Crippen molar-refractivity contribution in [2.24, 2.45) is 0 Å². The van der Waals surface area contributed by atoms with E-state index in [9.17, 15) is 43.5 Å². The van der Waals surface area contributed by atoms with Crippen LogP contribution in [0.25, 0.3) is 0 Å². The van der Waals surface area contributed by atoms with Crippen LogP contribution in [0, 0.1) is 0 Å². The topological polar surface area (TPSA) is 231 Å². The lowest BCUT2D eigenvalue weighted by molar-refractivity contribution is -0.161. The molecule has 0 aromatic carbocycles. The van der Waals surface area contributed by atoms with Crippen molar-refractivity contribution < 1.29 is 75.8 Å². The highest BCUT2D eigenvalue weighted by molar-refractivity contribution is 7.47. The van der Waals surface area contributed by atoms with Gasteiger partial charge in [0.05, 0.1) is 26.4 Å². The minimum Gasteiger partial charge on any atom is -0.463 e. The van der Waals surface area contributed by atoms with Crippen LogP contribution in [0.15, 0.2) is 219 Å². The lowest BCUT2D eigenvalue weighted by Crippen LogP contribution is -2.29. The summed E-state index contributed by atoms with van der Waals surface area (Å²) in [6, 6.07) is 0. The molecule has 4 N–H and O–H groups in total. The van der Waals surface area contributed by atoms with Gasteiger partial charge in [-0.05, 0) is 161 Å². The maximum absolute atomic E-state index is 12.9. The number of phosphoric acid groups is 2. The van der Waals surface area contributed by atoms with Gasteiger partial charge < -0.3 is 34.2 Å². The number of aliphatic hydroxyl groups is 2. The number of phosphoric ester groups is 2. The third-order valence-corrected chi connectivity index (χ3v) is 15.6. The first-order valence-corrected chi connectivity index (χ1v) is 39.0. The van der Waals surface area contributed by atoms with Crippen LogP contribution in [0.3, 0.4) is 0 Å². The Balaban J connectivity index is 4.87. The van der Waals surface area contributed by atoms with E-state index in [4.69, 9.17) is 32.3 Å². The van der Waals surface area contributed by atoms with Gasteiger partial charge in [-0.15, -0.1) is 0 Å². The van der Waals surface area contributed by atoms with E-state index in [0.29, 0.717) is 25.7 Å². The Labute approximate surface area is 596 Å². The normalized spacial score (nSPS) is 15.3. The smallest absolute Gasteiger partial charge is 0.463 e. The molecule has 0 spiro atoms. The third kappa shape index (κ3) is 72.9. The highest BCUT2D eigenvalue weighted by atomic mass is 31.2. The number of hydrogen-bond acceptors (Lipinski definition) is 14. The van der Waals surface area contributed by atoms with Crippen LogP contribution in [-0.2, 0) is 55.8 Å². The first-order valence-electron chi connectivity index (χ1n) is 36.0. The summed E-state index contributed by atoms with van der Waals surface area (Å²) in [6.07, 6.45) is 95.7. The molecule has 554 valence electrons. The van der Waals surface area contributed by atoms with E-state index in [0.717, 1.165) is 148 Å². The van der Waals surface area contributed by atoms with E-state index in [1.165, 1.54) is 0 Å². The SMILES string of the molecule is CC/C=C\C/C=C\C/C=C\C/C=C\C/C=C\C/C=C\CCCCCCC(=O)OCC(O)COP(=O)(O)OCC(O)COP(=O)(O)OCC(COC(=O)CCCC/C=C\C/C=C\C/C=C\C/C=C\C/C=C\C/C=C\CC)OC(=O)CC/C=C\C/C=C\C/C=C\C/C=C\C/C=C\C/C=C\CC. The number of unbranched alkanes of at least 4 members (excludes halogenated alkanes) is 6. The molecule has 0 amide bonds. The lowest BCUT2D eigenvalue weighted by Gasteiger charge is -2.21. The first kappa shape index (κ1) is 92.9. The Morgan fingerprint density at radius 3 is 0.848 bits per heavy atom. The Morgan fingerprint density at radius 1 is 0.283 bits per heavy atom. The Morgan fingerprint density at radius 2 is 0.525 bits per heavy atom. The molecule has 0 radical (unpaired) electrons. The summed E-state index contributed by atoms with van der Waals surface area (Å²) in [5.74, 6) is -1.77. The minimum absolute atomic E-state index is 0.0420. The van der Waals surface area contributed by atoms with Crippen molar-refractivity contribution in [3.63, 3.8) is 0 Å². The summed E-state index contributed by atoms with van der Waals surface area (Å²) >= 11 is 0. The number of ether oxygens (including phenoxy) is 3. The molecule has 0 rings (SSSR count). The minimum atomic E-state index is -4.97. The van der Waals surface area contributed by atoms with Gasteiger partial charge in [-0.2, -0.15) is 0 Å². The molecule has 0 saturated heterocycles. The standard InChI is InChI=1S/C81H124O16P2/c1-4-7-10-13-16-19-22-25-28-31-34-36-37-39-42-43-46-49-52-55-58-61-64-67-79(84)91-70-76(82)71-93-98(87,88)94-72-77(83)73-95-99(89,90)96-75-78(97-81(86)69-66-63-60-57-54-51-48-45-40-33-30-27-24-21-18-15-12-9-6-3)74-92-80(85)68-65-62-59-56-53-50-47-44-41-38-35-32-29-26-23-20-17-14-11-8-5-2/h7-12,16-21,25-30,34-36,38-40,42,44-47,49,51,53-54,56,60,63,76-78,82-83H,4-6,13-15,22-24,31-33,37,41,43,48,50,52,55,57-59,61-62,64-75H2,1-3H3,(H,87,88)(H,89,90)/b10-7-,11-8-,12-9-,19-16-,20-17-,21-18-,28-25-,29-26-,30-27-,36-34-,38-35-,42-39-,45-40-,47-44-,49-46-,54-51-,56-53-,63-60-. The summed E-state index contributed by atoms with van der Waals surface area (Å²) < 4.78 is 60.8. The Kier molecular flexibility index (Phi) is 67.2. The molecule has 16 nitrogen and oxygen atoms in total. The van der Waals surface area contributed by atoms with Gasteiger partial charge >= 0.3 is 33.6 Å². The van der Waals surface area contributed by atoms with E-state index in [2.05, 4.69) is 221 Å². The van der Waals surface area contributed by atoms with Gasteiger partial charge in [0.2, 0.25) is 0 Å². The van der Waals surface area contributed by atoms with E-state index in [-0.39, 0.29) is 19.3 Å². The zero-order chi connectivity index (χ0) is 72.3. The predicted octanol–water partition coefficient (Wildman–Crippen LogP) is 20.7. The fourth-order valence-electron chi connectivity index (χ4n) is 8.31. The maximum atomic E-state index is 12.9. The predicted molar refractivity (Wildman–Crippen MR) is 407 cm³/mol. The molecule has 0 bridgehead atoms. The Bertz CT molecular complexity index is 2680. The second-order valence-electron chi connectivity index (χ2n) is 22.9. The summed E-state index contributed by atoms with van der Waals surface area (Å²) in [6.45, 7) is 2.10. The summed E-state index contributed by atoms with van der Waals surface area (Å²) in [5, 5.41) is 20.6. The molecule has 0 aromatic rings. The van der Waals surface area contributed by atoms with Crippen molar-refractivity contribution in [1.82, 2.24) is 0 Å². The van der Waals surface area contributed by atoms with E-state index in [1.807, 2.05) is 18.2 Å². The van der Waals surface area contributed by atoms with Gasteiger partial charge in [0, 0.05) is 19.3 Å². The van der Waals surface area contributed by atoms with Crippen LogP contribution >= 0.6 is 15.6 Å². The van der Waals surface area contributed by atoms with Crippen molar-refractivity contribution in [3.05, 3.63) is 219 Å². The molecule has 0 aliphatic heterocycles. The molecule has 0 saturated carbocycles. The van der Waals surface area contributed by atoms with Crippen molar-refractivity contribution in [3.8, 4) is 0 Å². The molecule has 0 fully saturated rings. The van der Waals surface area contributed by atoms with Gasteiger partial charge in [-0.1, -0.05) is 252 Å². The van der Waals surface area contributed by atoms with Crippen LogP contribution in [0.2, 0.25) is 0 Å². The van der Waals surface area contributed by atoms with Gasteiger partial charge in [0.15, 0.2) is 6.10 Å². The van der Waals surface area contributed by atoms with Crippen LogP contribution in [0.1, 0.15) is 213 Å². The van der Waals surface area contributed by atoms with Gasteiger partial charge in [0.1, 0.15) is 25.4 Å². The zero-order valence-corrected chi connectivity index (χ0v) is 61.8. The maximum Gasteiger partial charge on any atom is 0.472 e. The zero-order valence-electron chi connectivity index (χ0n) is 60.1. The van der Waals surface area contributed by atoms with Crippen LogP contribution in [-0.4, -0.2) is 95.9 Å². The average Bonchev–Trinajstić information content (AvgIpc) is 2.30. The highest BCUT2D eigenvalue weighted by Gasteiger charge is 2.29. The van der Waals surface area contributed by atoms with E-state index >= 15 is 0 Å². The molecule has 0 aliphatic carbocycles. The van der Waals surface area contributed by atoms with Crippen molar-refractivity contribution in [2.75, 3.05) is 39.6 Å². The highest BCUT2D eigenvalue weighted by Crippen LogP contribution is 2.45. The van der Waals surface area contributed by atoms with E-state index < -0.39 is 91.5 Å². The molecule has 0 heterocycles. The summed E-state index contributed by atoms with van der Waals surface area (Å²) in [7, 11) is -9.86. The average molecular weight is 1420 g/mol. The molecule has 18 heteroatoms. The first-order chi connectivity index (χ1) is 48.2. The largest absolute Gasteiger partial charge is 0.472 e. The van der Waals surface area contributed by atoms with Gasteiger partial charge in [-0.3, -0.25) is 32.5 Å². The molecule has 0 aromatic heterocycles. The molecule has 0 aliphatic rings. The summed E-state index contributed by atoms with van der Waals surface area (Å²) in [4.78, 5) is 58.5. The van der Waals surface area contributed by atoms with Gasteiger partial charge in [0.25, 0.3) is 0 Å². The second-order valence-corrected chi connectivity index (χ2v) is 25.8. The quantitative estimate of drug-likeness (QED) is 0.0146. The fraction of sp³-hybridized carbons (Fsp3) is 0.519. The van der Waals surface area contributed by atoms with Crippen LogP contribution < -0.4 is 0 Å². The number of allylic oxidation sites excluding steroid dienone is 36. The number of rotatable bonds is 65. The van der Waals surface area contributed by atoms with Gasteiger partial charge in [-0.25, -0.2) is 9.13 Å². The Hall–Kier alpha value is -6.13. The number of hydrogen-bond donors (Lipinski definition) is 4.